The van der Waals surface area contributed by atoms with Crippen molar-refractivity contribution in [3.05, 3.63) is 200 Å². The molecular weight excluding hydrogens is 699 g/mol. The summed E-state index contributed by atoms with van der Waals surface area (Å²) in [6, 6.07) is 70.8. The molecule has 57 heavy (non-hydrogen) atoms. The highest BCUT2D eigenvalue weighted by atomic mass is 16.5. The van der Waals surface area contributed by atoms with Crippen LogP contribution in [0.2, 0.25) is 0 Å². The van der Waals surface area contributed by atoms with Gasteiger partial charge in [-0.3, -0.25) is 4.90 Å². The van der Waals surface area contributed by atoms with Crippen molar-refractivity contribution >= 4 is 66.7 Å². The average molecular weight is 732 g/mol. The lowest BCUT2D eigenvalue weighted by Gasteiger charge is -2.38. The Balaban J connectivity index is 1.01. The summed E-state index contributed by atoms with van der Waals surface area (Å²) in [5, 5.41) is 4.82. The van der Waals surface area contributed by atoms with Crippen LogP contribution in [0.1, 0.15) is 0 Å². The van der Waals surface area contributed by atoms with E-state index in [1.165, 1.54) is 32.6 Å². The normalized spacial score (nSPS) is 12.5. The summed E-state index contributed by atoms with van der Waals surface area (Å²) < 4.78 is 15.6. The second kappa shape index (κ2) is 12.4. The largest absolute Gasteiger partial charge is 0.453 e. The van der Waals surface area contributed by atoms with Gasteiger partial charge in [0.25, 0.3) is 0 Å². The molecular formula is C52H33N3O2. The summed E-state index contributed by atoms with van der Waals surface area (Å²) in [5.74, 6) is 3.18. The van der Waals surface area contributed by atoms with Crippen molar-refractivity contribution < 1.29 is 9.47 Å². The Morgan fingerprint density at radius 1 is 0.404 bits per heavy atom. The van der Waals surface area contributed by atoms with Crippen LogP contribution in [0.3, 0.4) is 0 Å². The third-order valence-corrected chi connectivity index (χ3v) is 11.3. The first-order valence-corrected chi connectivity index (χ1v) is 19.3. The van der Waals surface area contributed by atoms with Crippen LogP contribution in [0.5, 0.6) is 23.0 Å². The SMILES string of the molecule is c1ccc(-n2c3ccccc3c3cc(N(c4ccc(-c5ccc6c7c5Oc5ccccc5N7c5ccccc5O6)cc4)c4ccc5ccccc5c4)ccc32)cc1. The zero-order valence-corrected chi connectivity index (χ0v) is 30.7. The van der Waals surface area contributed by atoms with Gasteiger partial charge in [0.2, 0.25) is 0 Å². The van der Waals surface area contributed by atoms with Gasteiger partial charge in [-0.25, -0.2) is 0 Å². The highest BCUT2D eigenvalue weighted by Gasteiger charge is 2.36. The summed E-state index contributed by atoms with van der Waals surface area (Å²) in [7, 11) is 0. The predicted octanol–water partition coefficient (Wildman–Crippen LogP) is 14.8. The third-order valence-electron chi connectivity index (χ3n) is 11.3. The molecule has 2 aliphatic heterocycles. The zero-order valence-electron chi connectivity index (χ0n) is 30.7. The summed E-state index contributed by atoms with van der Waals surface area (Å²) >= 11 is 0. The second-order valence-electron chi connectivity index (χ2n) is 14.6. The zero-order chi connectivity index (χ0) is 37.5. The quantitative estimate of drug-likeness (QED) is 0.176. The summed E-state index contributed by atoms with van der Waals surface area (Å²) in [6.07, 6.45) is 0. The van der Waals surface area contributed by atoms with Gasteiger partial charge < -0.3 is 18.9 Å². The van der Waals surface area contributed by atoms with E-state index in [0.717, 1.165) is 73.9 Å². The van der Waals surface area contributed by atoms with Crippen molar-refractivity contribution in [2.45, 2.75) is 0 Å². The van der Waals surface area contributed by atoms with Crippen molar-refractivity contribution in [2.24, 2.45) is 0 Å². The monoisotopic (exact) mass is 731 g/mol. The molecule has 12 rings (SSSR count). The van der Waals surface area contributed by atoms with E-state index in [0.29, 0.717) is 0 Å². The lowest BCUT2D eigenvalue weighted by molar-refractivity contribution is 0.447. The molecule has 0 fully saturated rings. The Labute approximate surface area is 329 Å². The Hall–Kier alpha value is -7.76. The van der Waals surface area contributed by atoms with E-state index in [1.54, 1.807) is 0 Å². The molecule has 0 amide bonds. The van der Waals surface area contributed by atoms with E-state index in [1.807, 2.05) is 36.4 Å². The Morgan fingerprint density at radius 2 is 1.04 bits per heavy atom. The number of fused-ring (bicyclic) bond motifs is 8. The number of benzene rings is 9. The lowest BCUT2D eigenvalue weighted by atomic mass is 9.99. The average Bonchev–Trinajstić information content (AvgIpc) is 3.61. The Bertz CT molecular complexity index is 3190. The fraction of sp³-hybridized carbons (Fsp3) is 0. The van der Waals surface area contributed by atoms with Crippen molar-refractivity contribution in [2.75, 3.05) is 9.80 Å². The fourth-order valence-electron chi connectivity index (χ4n) is 8.74. The van der Waals surface area contributed by atoms with Crippen LogP contribution in [0.4, 0.5) is 34.1 Å². The molecule has 0 N–H and O–H groups in total. The molecule has 10 aromatic rings. The van der Waals surface area contributed by atoms with Crippen LogP contribution in [-0.2, 0) is 0 Å². The number of anilines is 6. The molecule has 1 aromatic heterocycles. The van der Waals surface area contributed by atoms with E-state index in [9.17, 15) is 0 Å². The van der Waals surface area contributed by atoms with E-state index in [4.69, 9.17) is 9.47 Å². The van der Waals surface area contributed by atoms with Gasteiger partial charge in [-0.05, 0) is 113 Å². The highest BCUT2D eigenvalue weighted by Crippen LogP contribution is 2.61. The number of ether oxygens (including phenoxy) is 2. The summed E-state index contributed by atoms with van der Waals surface area (Å²) in [5.41, 5.74) is 11.7. The number of aromatic nitrogens is 1. The minimum Gasteiger partial charge on any atom is -0.453 e. The molecule has 0 saturated carbocycles. The smallest absolute Gasteiger partial charge is 0.163 e. The van der Waals surface area contributed by atoms with E-state index < -0.39 is 0 Å². The van der Waals surface area contributed by atoms with Crippen LogP contribution >= 0.6 is 0 Å². The van der Waals surface area contributed by atoms with Crippen LogP contribution < -0.4 is 19.3 Å². The number of hydrogen-bond donors (Lipinski definition) is 0. The Kier molecular flexibility index (Phi) is 6.86. The van der Waals surface area contributed by atoms with Crippen molar-refractivity contribution in [3.63, 3.8) is 0 Å². The molecule has 0 spiro atoms. The van der Waals surface area contributed by atoms with Crippen LogP contribution in [0.25, 0.3) is 49.4 Å². The second-order valence-corrected chi connectivity index (χ2v) is 14.6. The van der Waals surface area contributed by atoms with Gasteiger partial charge in [0, 0.05) is 39.1 Å². The molecule has 2 aliphatic rings. The Morgan fingerprint density at radius 3 is 1.86 bits per heavy atom. The van der Waals surface area contributed by atoms with E-state index >= 15 is 0 Å². The molecule has 0 radical (unpaired) electrons. The van der Waals surface area contributed by atoms with Crippen molar-refractivity contribution in [1.29, 1.82) is 0 Å². The van der Waals surface area contributed by atoms with Gasteiger partial charge in [0.15, 0.2) is 23.0 Å². The number of nitrogens with zero attached hydrogens (tertiary/aromatic N) is 3. The molecule has 0 bridgehead atoms. The number of rotatable bonds is 5. The first-order valence-electron chi connectivity index (χ1n) is 19.3. The molecule has 268 valence electrons. The van der Waals surface area contributed by atoms with Gasteiger partial charge in [-0.2, -0.15) is 0 Å². The van der Waals surface area contributed by atoms with E-state index in [2.05, 4.69) is 178 Å². The van der Waals surface area contributed by atoms with Gasteiger partial charge in [0.1, 0.15) is 5.69 Å². The van der Waals surface area contributed by atoms with Crippen LogP contribution in [-0.4, -0.2) is 4.57 Å². The molecule has 5 nitrogen and oxygen atoms in total. The number of para-hydroxylation sites is 6. The van der Waals surface area contributed by atoms with Gasteiger partial charge in [-0.1, -0.05) is 103 Å². The molecule has 0 unspecified atom stereocenters. The maximum atomic E-state index is 6.76. The molecule has 0 aliphatic carbocycles. The number of hydrogen-bond acceptors (Lipinski definition) is 4. The molecule has 9 aromatic carbocycles. The minimum absolute atomic E-state index is 0.769. The topological polar surface area (TPSA) is 29.9 Å². The maximum absolute atomic E-state index is 6.76. The van der Waals surface area contributed by atoms with Crippen LogP contribution in [0, 0.1) is 0 Å². The lowest BCUT2D eigenvalue weighted by Crippen LogP contribution is -2.20. The fourth-order valence-corrected chi connectivity index (χ4v) is 8.74. The molecule has 3 heterocycles. The predicted molar refractivity (Wildman–Crippen MR) is 233 cm³/mol. The minimum atomic E-state index is 0.769. The highest BCUT2D eigenvalue weighted by molar-refractivity contribution is 6.11. The van der Waals surface area contributed by atoms with Crippen LogP contribution in [0.15, 0.2) is 200 Å². The van der Waals surface area contributed by atoms with Crippen molar-refractivity contribution in [3.8, 4) is 39.8 Å². The molecule has 0 saturated heterocycles. The van der Waals surface area contributed by atoms with Gasteiger partial charge in [-0.15, -0.1) is 0 Å². The van der Waals surface area contributed by atoms with Crippen molar-refractivity contribution in [1.82, 2.24) is 4.57 Å². The van der Waals surface area contributed by atoms with E-state index in [-0.39, 0.29) is 0 Å². The first kappa shape index (κ1) is 31.6. The van der Waals surface area contributed by atoms with Gasteiger partial charge >= 0.3 is 0 Å². The molecule has 0 atom stereocenters. The summed E-state index contributed by atoms with van der Waals surface area (Å²) in [6.45, 7) is 0. The standard InChI is InChI=1S/C52H33N3O2/c1-2-14-37(15-3-1)54-44-17-7-6-16-42(44)43-33-40(28-30-45(43)54)53(39-27-22-34-12-4-5-13-36(34)32-39)38-25-23-35(24-26-38)41-29-31-50-51-52(41)57-49-21-11-9-19-47(49)55(51)46-18-8-10-20-48(46)56-50/h1-33H. The maximum Gasteiger partial charge on any atom is 0.163 e. The summed E-state index contributed by atoms with van der Waals surface area (Å²) in [4.78, 5) is 4.63. The van der Waals surface area contributed by atoms with Gasteiger partial charge in [0.05, 0.1) is 22.4 Å². The first-order chi connectivity index (χ1) is 28.3. The third kappa shape index (κ3) is 4.89. The molecule has 5 heteroatoms.